The second-order valence-electron chi connectivity index (χ2n) is 15.1. The van der Waals surface area contributed by atoms with Gasteiger partial charge in [-0.25, -0.2) is 4.57 Å². The third-order valence-electron chi connectivity index (χ3n) is 11.5. The fourth-order valence-electron chi connectivity index (χ4n) is 9.28. The second-order valence-corrected chi connectivity index (χ2v) is 19.8. The number of hydrogen-bond acceptors (Lipinski definition) is 0. The van der Waals surface area contributed by atoms with Crippen LogP contribution in [-0.2, 0) is 7.05 Å². The average molecular weight is 609 g/mol. The Bertz CT molecular complexity index is 1760. The molecule has 2 aliphatic carbocycles. The highest BCUT2D eigenvalue weighted by Gasteiger charge is 2.49. The molecule has 5 aromatic rings. The van der Waals surface area contributed by atoms with Crippen LogP contribution in [0.25, 0.3) is 22.0 Å². The zero-order valence-corrected chi connectivity index (χ0v) is 29.1. The molecule has 2 fully saturated rings. The van der Waals surface area contributed by atoms with Gasteiger partial charge in [0.05, 0.1) is 10.9 Å². The highest BCUT2D eigenvalue weighted by molar-refractivity contribution is 7.13. The van der Waals surface area contributed by atoms with Crippen molar-refractivity contribution in [3.63, 3.8) is 0 Å². The van der Waals surface area contributed by atoms with Gasteiger partial charge in [-0.2, -0.15) is 0 Å². The van der Waals surface area contributed by atoms with Crippen LogP contribution < -0.4 is 20.1 Å². The van der Waals surface area contributed by atoms with Gasteiger partial charge in [-0.05, 0) is 99.3 Å². The summed E-state index contributed by atoms with van der Waals surface area (Å²) in [5, 5.41) is 7.22. The number of aromatic nitrogens is 1. The summed E-state index contributed by atoms with van der Waals surface area (Å²) in [7, 11) is -0.172. The van der Waals surface area contributed by atoms with Crippen LogP contribution in [0.5, 0.6) is 0 Å². The summed E-state index contributed by atoms with van der Waals surface area (Å²) in [5.41, 5.74) is 7.55. The SMILES string of the molecule is Cc1c(-c2c3ccc([Si](c4ccccc4)(c4ccccc4)C(C)(C)C)cc3cc[n+]2C)cc(C2CCCC2)cc1C1CCCC1. The zero-order chi connectivity index (χ0) is 31.2. The standard InChI is InChI=1S/C43H50NSi/c1-31-40(33-18-14-15-19-33)29-35(32-16-12-13-17-32)30-41(31)42-39-25-24-38(28-34(39)26-27-44(42)5)45(43(2,3)4,36-20-8-6-9-21-36)37-22-10-7-11-23-37/h6-11,20-30,32-33H,12-19H2,1-5H3/q+1. The van der Waals surface area contributed by atoms with E-state index in [4.69, 9.17) is 0 Å². The van der Waals surface area contributed by atoms with Crippen molar-refractivity contribution in [1.29, 1.82) is 0 Å². The Labute approximate surface area is 272 Å². The van der Waals surface area contributed by atoms with E-state index in [1.165, 1.54) is 94.5 Å². The summed E-state index contributed by atoms with van der Waals surface area (Å²) < 4.78 is 2.39. The van der Waals surface area contributed by atoms with E-state index >= 15 is 0 Å². The molecule has 4 aromatic carbocycles. The smallest absolute Gasteiger partial charge is 0.200 e. The van der Waals surface area contributed by atoms with Crippen molar-refractivity contribution in [2.24, 2.45) is 7.05 Å². The normalized spacial score (nSPS) is 16.6. The molecular weight excluding hydrogens is 559 g/mol. The van der Waals surface area contributed by atoms with Gasteiger partial charge in [-0.15, -0.1) is 0 Å². The molecule has 0 aliphatic heterocycles. The molecule has 1 aromatic heterocycles. The van der Waals surface area contributed by atoms with Crippen LogP contribution in [-0.4, -0.2) is 8.07 Å². The molecule has 1 nitrogen and oxygen atoms in total. The Morgan fingerprint density at radius 1 is 0.644 bits per heavy atom. The Balaban J connectivity index is 1.46. The Morgan fingerprint density at radius 3 is 1.80 bits per heavy atom. The first-order valence-corrected chi connectivity index (χ1v) is 19.5. The van der Waals surface area contributed by atoms with Gasteiger partial charge in [0.15, 0.2) is 14.3 Å². The van der Waals surface area contributed by atoms with Gasteiger partial charge in [0.2, 0.25) is 5.69 Å². The lowest BCUT2D eigenvalue weighted by atomic mass is 9.84. The molecule has 2 aliphatic rings. The lowest BCUT2D eigenvalue weighted by molar-refractivity contribution is -0.659. The molecule has 45 heavy (non-hydrogen) atoms. The van der Waals surface area contributed by atoms with Crippen LogP contribution >= 0.6 is 0 Å². The molecule has 0 bridgehead atoms. The quantitative estimate of drug-likeness (QED) is 0.103. The van der Waals surface area contributed by atoms with Gasteiger partial charge in [0.1, 0.15) is 7.05 Å². The number of hydrogen-bond donors (Lipinski definition) is 0. The van der Waals surface area contributed by atoms with E-state index in [0.717, 1.165) is 0 Å². The van der Waals surface area contributed by atoms with Crippen molar-refractivity contribution < 1.29 is 4.57 Å². The lowest BCUT2D eigenvalue weighted by Gasteiger charge is -2.44. The predicted octanol–water partition coefficient (Wildman–Crippen LogP) is 9.23. The molecule has 0 atom stereocenters. The molecule has 0 N–H and O–H groups in total. The molecule has 230 valence electrons. The van der Waals surface area contributed by atoms with Crippen molar-refractivity contribution in [2.45, 2.75) is 95.9 Å². The summed E-state index contributed by atoms with van der Waals surface area (Å²) in [5.74, 6) is 1.43. The summed E-state index contributed by atoms with van der Waals surface area (Å²) in [4.78, 5) is 0. The first-order chi connectivity index (χ1) is 21.8. The van der Waals surface area contributed by atoms with E-state index < -0.39 is 8.07 Å². The number of benzene rings is 4. The van der Waals surface area contributed by atoms with Gasteiger partial charge >= 0.3 is 0 Å². The molecule has 0 unspecified atom stereocenters. The third-order valence-corrected chi connectivity index (χ3v) is 17.3. The summed E-state index contributed by atoms with van der Waals surface area (Å²) in [6.07, 6.45) is 13.2. The minimum Gasteiger partial charge on any atom is -0.200 e. The monoisotopic (exact) mass is 608 g/mol. The molecule has 2 saturated carbocycles. The maximum atomic E-state index is 2.64. The van der Waals surface area contributed by atoms with Crippen molar-refractivity contribution >= 4 is 34.4 Å². The molecule has 1 heterocycles. The number of pyridine rings is 1. The highest BCUT2D eigenvalue weighted by atomic mass is 28.3. The summed E-state index contributed by atoms with van der Waals surface area (Å²) >= 11 is 0. The van der Waals surface area contributed by atoms with Crippen LogP contribution in [0, 0.1) is 6.92 Å². The minimum atomic E-state index is -2.42. The van der Waals surface area contributed by atoms with E-state index in [9.17, 15) is 0 Å². The first-order valence-electron chi connectivity index (χ1n) is 17.5. The van der Waals surface area contributed by atoms with Crippen molar-refractivity contribution in [3.8, 4) is 11.3 Å². The van der Waals surface area contributed by atoms with Crippen LogP contribution in [0.2, 0.25) is 5.04 Å². The van der Waals surface area contributed by atoms with Gasteiger partial charge < -0.3 is 0 Å². The number of aryl methyl sites for hydroxylation is 1. The summed E-state index contributed by atoms with van der Waals surface area (Å²) in [6.45, 7) is 9.80. The lowest BCUT2D eigenvalue weighted by Crippen LogP contribution is -2.72. The Kier molecular flexibility index (Phi) is 8.06. The van der Waals surface area contributed by atoms with Crippen LogP contribution in [0.4, 0.5) is 0 Å². The van der Waals surface area contributed by atoms with E-state index in [0.29, 0.717) is 11.8 Å². The van der Waals surface area contributed by atoms with Crippen LogP contribution in [0.15, 0.2) is 103 Å². The molecule has 0 radical (unpaired) electrons. The number of rotatable bonds is 6. The number of nitrogens with zero attached hydrogens (tertiary/aromatic N) is 1. The van der Waals surface area contributed by atoms with Crippen LogP contribution in [0.1, 0.15) is 101 Å². The third kappa shape index (κ3) is 5.20. The van der Waals surface area contributed by atoms with Gasteiger partial charge in [-0.1, -0.05) is 125 Å². The molecule has 2 heteroatoms. The first kappa shape index (κ1) is 30.2. The largest absolute Gasteiger partial charge is 0.220 e. The average Bonchev–Trinajstić information content (AvgIpc) is 3.78. The molecule has 7 rings (SSSR count). The fraction of sp³-hybridized carbons (Fsp3) is 0.372. The number of fused-ring (bicyclic) bond motifs is 1. The van der Waals surface area contributed by atoms with Gasteiger partial charge in [-0.3, -0.25) is 0 Å². The molecule has 0 spiro atoms. The predicted molar refractivity (Wildman–Crippen MR) is 195 cm³/mol. The Hall–Kier alpha value is -3.49. The van der Waals surface area contributed by atoms with Crippen molar-refractivity contribution in [3.05, 3.63) is 120 Å². The van der Waals surface area contributed by atoms with Crippen molar-refractivity contribution in [2.75, 3.05) is 0 Å². The van der Waals surface area contributed by atoms with E-state index in [2.05, 4.69) is 143 Å². The topological polar surface area (TPSA) is 3.88 Å². The van der Waals surface area contributed by atoms with Crippen molar-refractivity contribution in [1.82, 2.24) is 0 Å². The fourth-order valence-corrected chi connectivity index (χ4v) is 15.0. The van der Waals surface area contributed by atoms with E-state index in [-0.39, 0.29) is 5.04 Å². The maximum Gasteiger partial charge on any atom is 0.220 e. The summed E-state index contributed by atoms with van der Waals surface area (Å²) in [6, 6.07) is 37.9. The van der Waals surface area contributed by atoms with E-state index in [1.54, 1.807) is 11.1 Å². The van der Waals surface area contributed by atoms with Gasteiger partial charge in [0, 0.05) is 6.07 Å². The van der Waals surface area contributed by atoms with E-state index in [1.807, 2.05) is 0 Å². The Morgan fingerprint density at radius 2 is 1.22 bits per heavy atom. The second kappa shape index (κ2) is 12.0. The molecule has 0 saturated heterocycles. The highest BCUT2D eigenvalue weighted by Crippen LogP contribution is 2.44. The zero-order valence-electron chi connectivity index (χ0n) is 28.1. The van der Waals surface area contributed by atoms with Crippen LogP contribution in [0.3, 0.4) is 0 Å². The molecule has 0 amide bonds. The minimum absolute atomic E-state index is 0.0635. The molecular formula is C43H50NSi+. The van der Waals surface area contributed by atoms with Gasteiger partial charge in [0.25, 0.3) is 0 Å². The maximum absolute atomic E-state index is 2.64.